The Labute approximate surface area is 125 Å². The second-order valence-corrected chi connectivity index (χ2v) is 4.54. The average Bonchev–Trinajstić information content (AvgIpc) is 2.54. The minimum Gasteiger partial charge on any atom is -0.475 e. The molecule has 1 aromatic heterocycles. The maximum absolute atomic E-state index is 5.57. The van der Waals surface area contributed by atoms with Crippen molar-refractivity contribution in [1.29, 1.82) is 0 Å². The molecule has 5 heteroatoms. The number of hydrogen-bond donors (Lipinski definition) is 1. The van der Waals surface area contributed by atoms with Gasteiger partial charge in [-0.05, 0) is 5.56 Å². The number of benzene rings is 1. The summed E-state index contributed by atoms with van der Waals surface area (Å²) in [6.07, 6.45) is 0.765. The Morgan fingerprint density at radius 1 is 1.10 bits per heavy atom. The maximum atomic E-state index is 5.57. The molecular formula is C16H21N3O2. The quantitative estimate of drug-likeness (QED) is 0.756. The molecule has 0 amide bonds. The summed E-state index contributed by atoms with van der Waals surface area (Å²) in [5.41, 5.74) is 1.20. The van der Waals surface area contributed by atoms with Gasteiger partial charge in [0.25, 0.3) is 0 Å². The summed E-state index contributed by atoms with van der Waals surface area (Å²) in [7, 11) is 1.65. The fourth-order valence-electron chi connectivity index (χ4n) is 1.81. The van der Waals surface area contributed by atoms with Crippen LogP contribution in [0.3, 0.4) is 0 Å². The number of ether oxygens (including phenoxy) is 2. The van der Waals surface area contributed by atoms with E-state index in [4.69, 9.17) is 9.47 Å². The molecule has 0 saturated carbocycles. The van der Waals surface area contributed by atoms with Gasteiger partial charge in [-0.25, -0.2) is 4.98 Å². The number of aromatic nitrogens is 2. The standard InChI is InChI=1S/C16H21N3O2/c1-3-14-18-15(11-16(19-14)21-10-9-20-2)17-12-13-7-5-4-6-8-13/h4-8,11H,3,9-10,12H2,1-2H3,(H,17,18,19). The van der Waals surface area contributed by atoms with Gasteiger partial charge in [0.1, 0.15) is 18.2 Å². The Bertz CT molecular complexity index is 546. The third kappa shape index (κ3) is 5.04. The summed E-state index contributed by atoms with van der Waals surface area (Å²) in [5, 5.41) is 3.30. The van der Waals surface area contributed by atoms with Gasteiger partial charge in [0, 0.05) is 26.1 Å². The van der Waals surface area contributed by atoms with E-state index in [2.05, 4.69) is 27.4 Å². The molecule has 21 heavy (non-hydrogen) atoms. The molecule has 0 unspecified atom stereocenters. The first-order chi connectivity index (χ1) is 10.3. The molecule has 5 nitrogen and oxygen atoms in total. The fraction of sp³-hybridized carbons (Fsp3) is 0.375. The highest BCUT2D eigenvalue weighted by Crippen LogP contribution is 2.15. The molecule has 0 saturated heterocycles. The van der Waals surface area contributed by atoms with E-state index in [-0.39, 0.29) is 0 Å². The number of methoxy groups -OCH3 is 1. The number of nitrogens with one attached hydrogen (secondary N) is 1. The SMILES string of the molecule is CCc1nc(NCc2ccccc2)cc(OCCOC)n1. The van der Waals surface area contributed by atoms with Crippen molar-refractivity contribution in [3.05, 3.63) is 47.8 Å². The van der Waals surface area contributed by atoms with E-state index in [1.54, 1.807) is 7.11 Å². The Morgan fingerprint density at radius 3 is 2.62 bits per heavy atom. The first kappa shape index (κ1) is 15.3. The van der Waals surface area contributed by atoms with Gasteiger partial charge in [0.2, 0.25) is 5.88 Å². The van der Waals surface area contributed by atoms with E-state index in [0.29, 0.717) is 19.1 Å². The number of rotatable bonds is 8. The second kappa shape index (κ2) is 8.21. The molecule has 0 aliphatic carbocycles. The normalized spacial score (nSPS) is 10.4. The second-order valence-electron chi connectivity index (χ2n) is 4.54. The molecule has 112 valence electrons. The van der Waals surface area contributed by atoms with Gasteiger partial charge < -0.3 is 14.8 Å². The average molecular weight is 287 g/mol. The van der Waals surface area contributed by atoms with Crippen molar-refractivity contribution >= 4 is 5.82 Å². The van der Waals surface area contributed by atoms with Crippen LogP contribution in [0.1, 0.15) is 18.3 Å². The van der Waals surface area contributed by atoms with Gasteiger partial charge in [-0.3, -0.25) is 0 Å². The van der Waals surface area contributed by atoms with E-state index in [0.717, 1.165) is 24.6 Å². The highest BCUT2D eigenvalue weighted by Gasteiger charge is 2.04. The number of anilines is 1. The predicted molar refractivity (Wildman–Crippen MR) is 82.5 cm³/mol. The van der Waals surface area contributed by atoms with E-state index < -0.39 is 0 Å². The van der Waals surface area contributed by atoms with Crippen molar-refractivity contribution < 1.29 is 9.47 Å². The zero-order valence-corrected chi connectivity index (χ0v) is 12.5. The minimum atomic E-state index is 0.481. The molecule has 0 fully saturated rings. The monoisotopic (exact) mass is 287 g/mol. The summed E-state index contributed by atoms with van der Waals surface area (Å²) in [4.78, 5) is 8.81. The molecule has 1 heterocycles. The van der Waals surface area contributed by atoms with Gasteiger partial charge >= 0.3 is 0 Å². The third-order valence-electron chi connectivity index (χ3n) is 2.92. The molecule has 0 bridgehead atoms. The Morgan fingerprint density at radius 2 is 1.90 bits per heavy atom. The van der Waals surface area contributed by atoms with Crippen LogP contribution in [0.2, 0.25) is 0 Å². The summed E-state index contributed by atoms with van der Waals surface area (Å²) in [6.45, 7) is 3.76. The van der Waals surface area contributed by atoms with Crippen molar-refractivity contribution in [3.63, 3.8) is 0 Å². The van der Waals surface area contributed by atoms with Crippen LogP contribution in [0, 0.1) is 0 Å². The van der Waals surface area contributed by atoms with Gasteiger partial charge in [0.15, 0.2) is 0 Å². The van der Waals surface area contributed by atoms with Crippen LogP contribution >= 0.6 is 0 Å². The molecule has 0 radical (unpaired) electrons. The van der Waals surface area contributed by atoms with Crippen LogP contribution in [-0.4, -0.2) is 30.3 Å². The Kier molecular flexibility index (Phi) is 5.97. The van der Waals surface area contributed by atoms with Crippen LogP contribution in [0.4, 0.5) is 5.82 Å². The van der Waals surface area contributed by atoms with Crippen molar-refractivity contribution in [1.82, 2.24) is 9.97 Å². The summed E-state index contributed by atoms with van der Waals surface area (Å²) >= 11 is 0. The Balaban J connectivity index is 2.02. The maximum Gasteiger partial charge on any atom is 0.218 e. The van der Waals surface area contributed by atoms with Gasteiger partial charge in [0.05, 0.1) is 6.61 Å². The highest BCUT2D eigenvalue weighted by molar-refractivity contribution is 5.39. The molecule has 1 N–H and O–H groups in total. The van der Waals surface area contributed by atoms with Crippen molar-refractivity contribution in [2.75, 3.05) is 25.6 Å². The predicted octanol–water partition coefficient (Wildman–Crippen LogP) is 2.68. The number of hydrogen-bond acceptors (Lipinski definition) is 5. The van der Waals surface area contributed by atoms with Gasteiger partial charge in [-0.1, -0.05) is 37.3 Å². The molecular weight excluding hydrogens is 266 g/mol. The molecule has 0 atom stereocenters. The topological polar surface area (TPSA) is 56.3 Å². The molecule has 0 aliphatic rings. The van der Waals surface area contributed by atoms with E-state index in [1.165, 1.54) is 5.56 Å². The zero-order chi connectivity index (χ0) is 14.9. The fourth-order valence-corrected chi connectivity index (χ4v) is 1.81. The van der Waals surface area contributed by atoms with Crippen LogP contribution in [0.5, 0.6) is 5.88 Å². The number of aryl methyl sites for hydroxylation is 1. The molecule has 2 rings (SSSR count). The van der Waals surface area contributed by atoms with E-state index >= 15 is 0 Å². The van der Waals surface area contributed by atoms with Gasteiger partial charge in [-0.2, -0.15) is 4.98 Å². The lowest BCUT2D eigenvalue weighted by Crippen LogP contribution is -2.09. The largest absolute Gasteiger partial charge is 0.475 e. The lowest BCUT2D eigenvalue weighted by atomic mass is 10.2. The molecule has 0 spiro atoms. The first-order valence-electron chi connectivity index (χ1n) is 7.09. The van der Waals surface area contributed by atoms with Crippen molar-refractivity contribution in [2.24, 2.45) is 0 Å². The van der Waals surface area contributed by atoms with Gasteiger partial charge in [-0.15, -0.1) is 0 Å². The zero-order valence-electron chi connectivity index (χ0n) is 12.5. The molecule has 1 aromatic carbocycles. The summed E-state index contributed by atoms with van der Waals surface area (Å²) in [6, 6.07) is 12.0. The van der Waals surface area contributed by atoms with E-state index in [9.17, 15) is 0 Å². The van der Waals surface area contributed by atoms with Crippen LogP contribution in [0.15, 0.2) is 36.4 Å². The lowest BCUT2D eigenvalue weighted by Gasteiger charge is -2.10. The third-order valence-corrected chi connectivity index (χ3v) is 2.92. The lowest BCUT2D eigenvalue weighted by molar-refractivity contribution is 0.143. The van der Waals surface area contributed by atoms with Crippen molar-refractivity contribution in [2.45, 2.75) is 19.9 Å². The summed E-state index contributed by atoms with van der Waals surface area (Å²) < 4.78 is 10.5. The first-order valence-corrected chi connectivity index (χ1v) is 7.09. The minimum absolute atomic E-state index is 0.481. The van der Waals surface area contributed by atoms with E-state index in [1.807, 2.05) is 31.2 Å². The molecule has 0 aliphatic heterocycles. The molecule has 2 aromatic rings. The smallest absolute Gasteiger partial charge is 0.218 e. The Hall–Kier alpha value is -2.14. The van der Waals surface area contributed by atoms with Crippen LogP contribution < -0.4 is 10.1 Å². The van der Waals surface area contributed by atoms with Crippen LogP contribution in [-0.2, 0) is 17.7 Å². The number of nitrogens with zero attached hydrogens (tertiary/aromatic N) is 2. The summed E-state index contributed by atoms with van der Waals surface area (Å²) in [5.74, 6) is 2.12. The van der Waals surface area contributed by atoms with Crippen LogP contribution in [0.25, 0.3) is 0 Å². The van der Waals surface area contributed by atoms with Crippen molar-refractivity contribution in [3.8, 4) is 5.88 Å². The highest BCUT2D eigenvalue weighted by atomic mass is 16.5.